The Balaban J connectivity index is 3.01. The molecule has 22 heavy (non-hydrogen) atoms. The first-order chi connectivity index (χ1) is 10.5. The first kappa shape index (κ1) is 17.3. The minimum atomic E-state index is -1.46. The van der Waals surface area contributed by atoms with Crippen LogP contribution in [0.5, 0.6) is 0 Å². The zero-order chi connectivity index (χ0) is 16.5. The van der Waals surface area contributed by atoms with Crippen molar-refractivity contribution in [3.8, 4) is 6.07 Å². The summed E-state index contributed by atoms with van der Waals surface area (Å²) in [6.45, 7) is 2.58. The highest BCUT2D eigenvalue weighted by Gasteiger charge is 2.30. The molecule has 5 nitrogen and oxygen atoms in total. The van der Waals surface area contributed by atoms with Gasteiger partial charge in [0.15, 0.2) is 17.4 Å². The van der Waals surface area contributed by atoms with E-state index in [1.165, 1.54) is 0 Å². The van der Waals surface area contributed by atoms with Crippen LogP contribution in [0.25, 0.3) is 0 Å². The lowest BCUT2D eigenvalue weighted by Gasteiger charge is -2.15. The van der Waals surface area contributed by atoms with Crippen LogP contribution in [0.4, 0.5) is 8.78 Å². The highest BCUT2D eigenvalue weighted by molar-refractivity contribution is 6.05. The maximum atomic E-state index is 13.3. The fraction of sp³-hybridized carbons (Fsp3) is 0.267. The lowest BCUT2D eigenvalue weighted by atomic mass is 9.95. The van der Waals surface area contributed by atoms with E-state index in [0.717, 1.165) is 24.5 Å². The van der Waals surface area contributed by atoms with E-state index in [9.17, 15) is 18.4 Å². The van der Waals surface area contributed by atoms with Gasteiger partial charge in [0.25, 0.3) is 0 Å². The highest BCUT2D eigenvalue weighted by Crippen LogP contribution is 2.21. The maximum Gasteiger partial charge on any atom is 0.321 e. The molecule has 0 N–H and O–H groups in total. The smallest absolute Gasteiger partial charge is 0.321 e. The highest BCUT2D eigenvalue weighted by atomic mass is 19.2. The van der Waals surface area contributed by atoms with Crippen molar-refractivity contribution in [2.75, 3.05) is 13.2 Å². The van der Waals surface area contributed by atoms with E-state index in [4.69, 9.17) is 14.7 Å². The summed E-state index contributed by atoms with van der Waals surface area (Å²) in [6.07, 6.45) is 0.967. The monoisotopic (exact) mass is 309 g/mol. The number of benzene rings is 1. The second-order valence-electron chi connectivity index (χ2n) is 4.13. The molecule has 1 aromatic rings. The van der Waals surface area contributed by atoms with E-state index >= 15 is 0 Å². The van der Waals surface area contributed by atoms with Crippen LogP contribution in [0.1, 0.15) is 17.9 Å². The van der Waals surface area contributed by atoms with Gasteiger partial charge in [-0.25, -0.2) is 8.78 Å². The summed E-state index contributed by atoms with van der Waals surface area (Å²) in [6, 6.07) is 4.44. The topological polar surface area (TPSA) is 76.4 Å². The molecular formula is C15H13F2NO4. The number of hydrogen-bond donors (Lipinski definition) is 0. The summed E-state index contributed by atoms with van der Waals surface area (Å²) in [7, 11) is 0. The third-order valence-corrected chi connectivity index (χ3v) is 2.64. The fourth-order valence-corrected chi connectivity index (χ4v) is 1.65. The Bertz CT molecular complexity index is 610. The first-order valence-corrected chi connectivity index (χ1v) is 6.25. The van der Waals surface area contributed by atoms with Crippen LogP contribution in [0.2, 0.25) is 0 Å². The van der Waals surface area contributed by atoms with Gasteiger partial charge in [-0.2, -0.15) is 5.26 Å². The van der Waals surface area contributed by atoms with Crippen LogP contribution in [-0.4, -0.2) is 25.0 Å². The van der Waals surface area contributed by atoms with Crippen LogP contribution in [0.15, 0.2) is 31.0 Å². The van der Waals surface area contributed by atoms with Crippen molar-refractivity contribution in [2.24, 2.45) is 0 Å². The molecule has 7 heteroatoms. The second-order valence-corrected chi connectivity index (χ2v) is 4.13. The number of ether oxygens (including phenoxy) is 2. The summed E-state index contributed by atoms with van der Waals surface area (Å²) < 4.78 is 35.8. The van der Waals surface area contributed by atoms with E-state index in [0.29, 0.717) is 0 Å². The lowest BCUT2D eigenvalue weighted by molar-refractivity contribution is -0.148. The number of nitrogens with zero attached hydrogens (tertiary/aromatic N) is 1. The fourth-order valence-electron chi connectivity index (χ4n) is 1.65. The minimum absolute atomic E-state index is 0.0480. The summed E-state index contributed by atoms with van der Waals surface area (Å²) in [5.74, 6) is -5.42. The van der Waals surface area contributed by atoms with Gasteiger partial charge in [0.05, 0.1) is 18.8 Å². The average molecular weight is 309 g/mol. The van der Waals surface area contributed by atoms with Crippen molar-refractivity contribution < 1.29 is 27.8 Å². The normalized spacial score (nSPS) is 11.1. The van der Waals surface area contributed by atoms with Crippen LogP contribution >= 0.6 is 0 Å². The number of esters is 1. The zero-order valence-electron chi connectivity index (χ0n) is 11.6. The Labute approximate surface area is 125 Å². The summed E-state index contributed by atoms with van der Waals surface area (Å²) >= 11 is 0. The van der Waals surface area contributed by atoms with Crippen LogP contribution < -0.4 is 0 Å². The third kappa shape index (κ3) is 4.66. The number of ketones is 1. The van der Waals surface area contributed by atoms with Crippen molar-refractivity contribution in [1.29, 1.82) is 5.26 Å². The van der Waals surface area contributed by atoms with Crippen molar-refractivity contribution in [3.63, 3.8) is 0 Å². The molecule has 0 aromatic heterocycles. The van der Waals surface area contributed by atoms with Crippen LogP contribution in [-0.2, 0) is 19.1 Å². The number of nitriles is 1. The number of halogens is 2. The number of rotatable bonds is 8. The summed E-state index contributed by atoms with van der Waals surface area (Å²) in [4.78, 5) is 24.0. The Morgan fingerprint density at radius 3 is 2.68 bits per heavy atom. The minimum Gasteiger partial charge on any atom is -0.494 e. The number of carbonyl (C=O) groups excluding carboxylic acids is 2. The van der Waals surface area contributed by atoms with Crippen molar-refractivity contribution in [3.05, 3.63) is 48.2 Å². The van der Waals surface area contributed by atoms with Gasteiger partial charge in [0.1, 0.15) is 19.1 Å². The Morgan fingerprint density at radius 1 is 1.36 bits per heavy atom. The van der Waals surface area contributed by atoms with Gasteiger partial charge in [0, 0.05) is 0 Å². The SMILES string of the molecule is C=COCC(=O)C(C(=O)OCCC#N)c1ccc(F)c(F)c1. The molecule has 0 amide bonds. The van der Waals surface area contributed by atoms with Gasteiger partial charge in [-0.15, -0.1) is 0 Å². The molecule has 0 heterocycles. The molecule has 0 spiro atoms. The summed E-state index contributed by atoms with van der Waals surface area (Å²) in [5, 5.41) is 8.40. The lowest BCUT2D eigenvalue weighted by Crippen LogP contribution is -2.27. The average Bonchev–Trinajstić information content (AvgIpc) is 2.49. The first-order valence-electron chi connectivity index (χ1n) is 6.25. The number of hydrogen-bond acceptors (Lipinski definition) is 5. The van der Waals surface area contributed by atoms with Crippen molar-refractivity contribution in [2.45, 2.75) is 12.3 Å². The van der Waals surface area contributed by atoms with E-state index in [1.54, 1.807) is 6.07 Å². The molecule has 1 rings (SSSR count). The molecule has 1 aromatic carbocycles. The van der Waals surface area contributed by atoms with E-state index in [1.807, 2.05) is 0 Å². The molecule has 0 fully saturated rings. The molecule has 0 radical (unpaired) electrons. The standard InChI is InChI=1S/C15H13F2NO4/c1-2-21-9-13(19)14(15(20)22-7-3-6-18)10-4-5-11(16)12(17)8-10/h2,4-5,8,14H,1,3,7,9H2. The van der Waals surface area contributed by atoms with E-state index in [-0.39, 0.29) is 18.6 Å². The maximum absolute atomic E-state index is 13.3. The molecule has 0 aliphatic rings. The Kier molecular flexibility index (Phi) is 6.70. The Morgan fingerprint density at radius 2 is 2.09 bits per heavy atom. The second kappa shape index (κ2) is 8.52. The molecule has 0 aliphatic carbocycles. The molecule has 0 saturated heterocycles. The molecular weight excluding hydrogens is 296 g/mol. The van der Waals surface area contributed by atoms with Gasteiger partial charge in [0.2, 0.25) is 0 Å². The molecule has 116 valence electrons. The Hall–Kier alpha value is -2.75. The van der Waals surface area contributed by atoms with Gasteiger partial charge in [-0.05, 0) is 17.7 Å². The summed E-state index contributed by atoms with van der Waals surface area (Å²) in [5.41, 5.74) is -0.0569. The van der Waals surface area contributed by atoms with Gasteiger partial charge in [-0.3, -0.25) is 9.59 Å². The molecule has 0 bridgehead atoms. The molecule has 1 atom stereocenters. The van der Waals surface area contributed by atoms with E-state index < -0.39 is 35.9 Å². The van der Waals surface area contributed by atoms with Gasteiger partial charge >= 0.3 is 5.97 Å². The van der Waals surface area contributed by atoms with E-state index in [2.05, 4.69) is 6.58 Å². The van der Waals surface area contributed by atoms with Crippen molar-refractivity contribution in [1.82, 2.24) is 0 Å². The zero-order valence-corrected chi connectivity index (χ0v) is 11.6. The largest absolute Gasteiger partial charge is 0.494 e. The van der Waals surface area contributed by atoms with Crippen LogP contribution in [0.3, 0.4) is 0 Å². The number of carbonyl (C=O) groups is 2. The predicted molar refractivity (Wildman–Crippen MR) is 71.4 cm³/mol. The van der Waals surface area contributed by atoms with Crippen LogP contribution in [0, 0.1) is 23.0 Å². The van der Waals surface area contributed by atoms with Gasteiger partial charge < -0.3 is 9.47 Å². The molecule has 0 saturated carbocycles. The number of Topliss-reactive ketones (excluding diaryl/α,β-unsaturated/α-hetero) is 1. The third-order valence-electron chi connectivity index (χ3n) is 2.64. The van der Waals surface area contributed by atoms with Gasteiger partial charge in [-0.1, -0.05) is 12.6 Å². The van der Waals surface area contributed by atoms with Crippen molar-refractivity contribution >= 4 is 11.8 Å². The quantitative estimate of drug-likeness (QED) is 0.318. The molecule has 1 unspecified atom stereocenters. The molecule has 0 aliphatic heterocycles. The predicted octanol–water partition coefficient (Wildman–Crippen LogP) is 2.23.